The number of hydrogen-bond acceptors (Lipinski definition) is 3. The average Bonchev–Trinajstić information content (AvgIpc) is 3.20. The standard InChI is InChI=1S/C29H38N4O2/c1-29(2,3)28(35)30-19-18-26-31-24-16-10-11-17-25(24)33(26)21-27(34)32(23-14-8-5-9-15-23)20-22-12-6-4-7-13-22/h4,6-7,10-13,16-17,23H,5,8-9,14-15,18-21H2,1-3H3,(H,30,35). The number of para-hydroxylation sites is 2. The number of carbonyl (C=O) groups is 2. The highest BCUT2D eigenvalue weighted by molar-refractivity contribution is 5.82. The zero-order valence-corrected chi connectivity index (χ0v) is 21.3. The van der Waals surface area contributed by atoms with Crippen molar-refractivity contribution in [3.05, 3.63) is 66.0 Å². The Morgan fingerprint density at radius 3 is 2.40 bits per heavy atom. The highest BCUT2D eigenvalue weighted by atomic mass is 16.2. The number of aromatic nitrogens is 2. The van der Waals surface area contributed by atoms with Crippen molar-refractivity contribution in [2.24, 2.45) is 5.41 Å². The summed E-state index contributed by atoms with van der Waals surface area (Å²) in [4.78, 5) is 33.1. The molecule has 0 aliphatic heterocycles. The number of fused-ring (bicyclic) bond motifs is 1. The fourth-order valence-corrected chi connectivity index (χ4v) is 4.87. The molecule has 1 aliphatic carbocycles. The number of imidazole rings is 1. The lowest BCUT2D eigenvalue weighted by Crippen LogP contribution is -2.42. The van der Waals surface area contributed by atoms with Crippen molar-refractivity contribution in [3.63, 3.8) is 0 Å². The highest BCUT2D eigenvalue weighted by Crippen LogP contribution is 2.25. The van der Waals surface area contributed by atoms with Crippen molar-refractivity contribution in [2.45, 2.75) is 78.4 Å². The van der Waals surface area contributed by atoms with Crippen LogP contribution >= 0.6 is 0 Å². The van der Waals surface area contributed by atoms with Gasteiger partial charge in [0.2, 0.25) is 11.8 Å². The number of amides is 2. The van der Waals surface area contributed by atoms with E-state index in [0.29, 0.717) is 19.5 Å². The number of nitrogens with zero attached hydrogens (tertiary/aromatic N) is 3. The molecule has 0 bridgehead atoms. The van der Waals surface area contributed by atoms with Gasteiger partial charge in [0.1, 0.15) is 12.4 Å². The van der Waals surface area contributed by atoms with E-state index < -0.39 is 5.41 Å². The Labute approximate surface area is 208 Å². The van der Waals surface area contributed by atoms with Crippen LogP contribution in [0.1, 0.15) is 64.3 Å². The van der Waals surface area contributed by atoms with Crippen LogP contribution < -0.4 is 5.32 Å². The lowest BCUT2D eigenvalue weighted by molar-refractivity contribution is -0.135. The molecule has 0 radical (unpaired) electrons. The van der Waals surface area contributed by atoms with Crippen LogP contribution in [0.4, 0.5) is 0 Å². The molecule has 6 heteroatoms. The Bertz CT molecular complexity index is 1140. The summed E-state index contributed by atoms with van der Waals surface area (Å²) in [5, 5.41) is 3.02. The van der Waals surface area contributed by atoms with E-state index in [0.717, 1.165) is 35.3 Å². The van der Waals surface area contributed by atoms with Crippen molar-refractivity contribution >= 4 is 22.8 Å². The van der Waals surface area contributed by atoms with Gasteiger partial charge in [-0.15, -0.1) is 0 Å². The van der Waals surface area contributed by atoms with Crippen LogP contribution in [0.15, 0.2) is 54.6 Å². The summed E-state index contributed by atoms with van der Waals surface area (Å²) in [7, 11) is 0. The minimum atomic E-state index is -0.436. The van der Waals surface area contributed by atoms with Gasteiger partial charge in [-0.2, -0.15) is 0 Å². The number of benzene rings is 2. The Balaban J connectivity index is 1.56. The van der Waals surface area contributed by atoms with E-state index in [2.05, 4.69) is 22.3 Å². The van der Waals surface area contributed by atoms with Gasteiger partial charge in [0.25, 0.3) is 0 Å². The zero-order valence-electron chi connectivity index (χ0n) is 21.3. The predicted molar refractivity (Wildman–Crippen MR) is 140 cm³/mol. The van der Waals surface area contributed by atoms with Crippen LogP contribution in [-0.4, -0.2) is 38.9 Å². The minimum Gasteiger partial charge on any atom is -0.355 e. The second-order valence-corrected chi connectivity index (χ2v) is 10.7. The number of hydrogen-bond donors (Lipinski definition) is 1. The Morgan fingerprint density at radius 2 is 1.69 bits per heavy atom. The van der Waals surface area contributed by atoms with E-state index in [4.69, 9.17) is 4.98 Å². The fourth-order valence-electron chi connectivity index (χ4n) is 4.87. The summed E-state index contributed by atoms with van der Waals surface area (Å²) in [6, 6.07) is 18.5. The highest BCUT2D eigenvalue weighted by Gasteiger charge is 2.27. The largest absolute Gasteiger partial charge is 0.355 e. The van der Waals surface area contributed by atoms with E-state index in [-0.39, 0.29) is 24.4 Å². The van der Waals surface area contributed by atoms with Crippen LogP contribution in [-0.2, 0) is 29.1 Å². The van der Waals surface area contributed by atoms with Crippen molar-refractivity contribution in [2.75, 3.05) is 6.54 Å². The molecule has 1 fully saturated rings. The first-order valence-corrected chi connectivity index (χ1v) is 12.9. The van der Waals surface area contributed by atoms with Gasteiger partial charge in [-0.3, -0.25) is 9.59 Å². The summed E-state index contributed by atoms with van der Waals surface area (Å²) in [5.41, 5.74) is 2.56. The number of rotatable bonds is 8. The molecule has 6 nitrogen and oxygen atoms in total. The third kappa shape index (κ3) is 6.30. The molecule has 0 saturated heterocycles. The van der Waals surface area contributed by atoms with Gasteiger partial charge < -0.3 is 14.8 Å². The quantitative estimate of drug-likeness (QED) is 0.494. The molecule has 4 rings (SSSR count). The topological polar surface area (TPSA) is 67.2 Å². The van der Waals surface area contributed by atoms with Crippen LogP contribution in [0, 0.1) is 5.41 Å². The maximum atomic E-state index is 13.8. The molecule has 2 amide bonds. The van der Waals surface area contributed by atoms with Crippen molar-refractivity contribution in [3.8, 4) is 0 Å². The van der Waals surface area contributed by atoms with Crippen LogP contribution in [0.5, 0.6) is 0 Å². The van der Waals surface area contributed by atoms with E-state index in [1.54, 1.807) is 0 Å². The van der Waals surface area contributed by atoms with Gasteiger partial charge >= 0.3 is 0 Å². The van der Waals surface area contributed by atoms with Gasteiger partial charge in [-0.25, -0.2) is 4.98 Å². The molecule has 0 atom stereocenters. The Morgan fingerprint density at radius 1 is 1.00 bits per heavy atom. The van der Waals surface area contributed by atoms with Crippen molar-refractivity contribution in [1.82, 2.24) is 19.8 Å². The molecule has 35 heavy (non-hydrogen) atoms. The zero-order chi connectivity index (χ0) is 24.8. The van der Waals surface area contributed by atoms with Crippen LogP contribution in [0.3, 0.4) is 0 Å². The van der Waals surface area contributed by atoms with E-state index in [9.17, 15) is 9.59 Å². The molecular formula is C29H38N4O2. The molecule has 0 spiro atoms. The maximum Gasteiger partial charge on any atom is 0.243 e. The minimum absolute atomic E-state index is 0.0163. The van der Waals surface area contributed by atoms with Gasteiger partial charge in [0.15, 0.2) is 0 Å². The molecule has 1 aromatic heterocycles. The molecule has 186 valence electrons. The molecule has 0 unspecified atom stereocenters. The van der Waals surface area contributed by atoms with Crippen molar-refractivity contribution in [1.29, 1.82) is 0 Å². The van der Waals surface area contributed by atoms with Gasteiger partial charge in [-0.1, -0.05) is 82.5 Å². The molecule has 3 aromatic rings. The second-order valence-electron chi connectivity index (χ2n) is 10.7. The Kier molecular flexibility index (Phi) is 7.89. The molecule has 1 N–H and O–H groups in total. The van der Waals surface area contributed by atoms with E-state index in [1.165, 1.54) is 19.3 Å². The first-order chi connectivity index (χ1) is 16.8. The SMILES string of the molecule is CC(C)(C)C(=O)NCCc1nc2ccccc2n1CC(=O)N(Cc1ccccc1)C1CCCCC1. The maximum absolute atomic E-state index is 13.8. The lowest BCUT2D eigenvalue weighted by Gasteiger charge is -2.35. The summed E-state index contributed by atoms with van der Waals surface area (Å²) < 4.78 is 2.04. The average molecular weight is 475 g/mol. The summed E-state index contributed by atoms with van der Waals surface area (Å²) in [6.07, 6.45) is 6.31. The molecule has 2 aromatic carbocycles. The van der Waals surface area contributed by atoms with Gasteiger partial charge in [0.05, 0.1) is 11.0 Å². The Hall–Kier alpha value is -3.15. The van der Waals surface area contributed by atoms with Gasteiger partial charge in [0, 0.05) is 31.0 Å². The van der Waals surface area contributed by atoms with E-state index >= 15 is 0 Å². The van der Waals surface area contributed by atoms with Crippen molar-refractivity contribution < 1.29 is 9.59 Å². The van der Waals surface area contributed by atoms with Crippen LogP contribution in [0.25, 0.3) is 11.0 Å². The molecule has 1 heterocycles. The third-order valence-electron chi connectivity index (χ3n) is 6.87. The summed E-state index contributed by atoms with van der Waals surface area (Å²) in [6.45, 7) is 7.10. The fraction of sp³-hybridized carbons (Fsp3) is 0.483. The van der Waals surface area contributed by atoms with Crippen LogP contribution in [0.2, 0.25) is 0 Å². The van der Waals surface area contributed by atoms with Gasteiger partial charge in [-0.05, 0) is 30.5 Å². The summed E-state index contributed by atoms with van der Waals surface area (Å²) in [5.74, 6) is 0.975. The smallest absolute Gasteiger partial charge is 0.243 e. The molecular weight excluding hydrogens is 436 g/mol. The predicted octanol–water partition coefficient (Wildman–Crippen LogP) is 5.10. The third-order valence-corrected chi connectivity index (χ3v) is 6.87. The monoisotopic (exact) mass is 474 g/mol. The normalized spacial score (nSPS) is 14.7. The second kappa shape index (κ2) is 11.1. The number of carbonyl (C=O) groups excluding carboxylic acids is 2. The first-order valence-electron chi connectivity index (χ1n) is 12.9. The molecule has 1 aliphatic rings. The lowest BCUT2D eigenvalue weighted by atomic mass is 9.93. The summed E-state index contributed by atoms with van der Waals surface area (Å²) >= 11 is 0. The number of nitrogens with one attached hydrogen (secondary N) is 1. The van der Waals surface area contributed by atoms with E-state index in [1.807, 2.05) is 67.8 Å². The molecule has 1 saturated carbocycles. The first kappa shape index (κ1) is 25.0.